The average Bonchev–Trinajstić information content (AvgIpc) is 2.27. The number of carbonyl (C=O) groups excluding carboxylic acids is 2. The first-order valence-electron chi connectivity index (χ1n) is 5.28. The van der Waals surface area contributed by atoms with Gasteiger partial charge in [-0.15, -0.1) is 0 Å². The summed E-state index contributed by atoms with van der Waals surface area (Å²) in [6, 6.07) is 4.23. The number of carbonyl (C=O) groups is 3. The molecule has 1 amide bonds. The Hall–Kier alpha value is -2.37. The SMILES string of the molecule is CCOC(=O)c1cccc(NC(C)=O)c1C(=O)O. The van der Waals surface area contributed by atoms with Crippen LogP contribution in [0.5, 0.6) is 0 Å². The van der Waals surface area contributed by atoms with Crippen LogP contribution < -0.4 is 5.32 Å². The molecule has 6 nitrogen and oxygen atoms in total. The Kier molecular flexibility index (Phi) is 4.42. The van der Waals surface area contributed by atoms with Gasteiger partial charge in [-0.2, -0.15) is 0 Å². The predicted octanol–water partition coefficient (Wildman–Crippen LogP) is 1.52. The van der Waals surface area contributed by atoms with Gasteiger partial charge in [-0.3, -0.25) is 4.79 Å². The van der Waals surface area contributed by atoms with E-state index in [1.165, 1.54) is 25.1 Å². The summed E-state index contributed by atoms with van der Waals surface area (Å²) in [5, 5.41) is 11.5. The van der Waals surface area contributed by atoms with Crippen molar-refractivity contribution in [3.8, 4) is 0 Å². The summed E-state index contributed by atoms with van der Waals surface area (Å²) < 4.78 is 4.76. The van der Waals surface area contributed by atoms with Crippen LogP contribution in [0.3, 0.4) is 0 Å². The zero-order chi connectivity index (χ0) is 13.7. The van der Waals surface area contributed by atoms with E-state index >= 15 is 0 Å². The number of hydrogen-bond donors (Lipinski definition) is 2. The summed E-state index contributed by atoms with van der Waals surface area (Å²) in [7, 11) is 0. The highest BCUT2D eigenvalue weighted by Gasteiger charge is 2.21. The lowest BCUT2D eigenvalue weighted by Gasteiger charge is -2.10. The van der Waals surface area contributed by atoms with Crippen molar-refractivity contribution in [1.82, 2.24) is 0 Å². The van der Waals surface area contributed by atoms with Crippen LogP contribution >= 0.6 is 0 Å². The third-order valence-corrected chi connectivity index (χ3v) is 2.08. The molecule has 96 valence electrons. The van der Waals surface area contributed by atoms with Gasteiger partial charge in [0.05, 0.1) is 23.4 Å². The normalized spacial score (nSPS) is 9.67. The Balaban J connectivity index is 3.30. The highest BCUT2D eigenvalue weighted by atomic mass is 16.5. The van der Waals surface area contributed by atoms with E-state index in [0.717, 1.165) is 0 Å². The molecular weight excluding hydrogens is 238 g/mol. The molecule has 0 fully saturated rings. The van der Waals surface area contributed by atoms with Crippen molar-refractivity contribution in [2.45, 2.75) is 13.8 Å². The number of rotatable bonds is 4. The highest BCUT2D eigenvalue weighted by molar-refractivity contribution is 6.08. The zero-order valence-electron chi connectivity index (χ0n) is 10.0. The zero-order valence-corrected chi connectivity index (χ0v) is 10.0. The molecule has 18 heavy (non-hydrogen) atoms. The minimum absolute atomic E-state index is 0.0700. The van der Waals surface area contributed by atoms with Crippen LogP contribution in [0.15, 0.2) is 18.2 Å². The fourth-order valence-electron chi connectivity index (χ4n) is 1.46. The number of ether oxygens (including phenoxy) is 1. The number of nitrogens with one attached hydrogen (secondary N) is 1. The molecule has 0 aliphatic heterocycles. The second kappa shape index (κ2) is 5.81. The van der Waals surface area contributed by atoms with Crippen LogP contribution in [0, 0.1) is 0 Å². The van der Waals surface area contributed by atoms with E-state index in [2.05, 4.69) is 5.32 Å². The number of hydrogen-bond acceptors (Lipinski definition) is 4. The van der Waals surface area contributed by atoms with Gasteiger partial charge >= 0.3 is 11.9 Å². The van der Waals surface area contributed by atoms with E-state index < -0.39 is 17.8 Å². The van der Waals surface area contributed by atoms with Gasteiger partial charge < -0.3 is 15.2 Å². The lowest BCUT2D eigenvalue weighted by Crippen LogP contribution is -2.16. The number of amides is 1. The Labute approximate surface area is 104 Å². The first kappa shape index (κ1) is 13.7. The summed E-state index contributed by atoms with van der Waals surface area (Å²) in [6.07, 6.45) is 0. The van der Waals surface area contributed by atoms with Gasteiger partial charge in [-0.1, -0.05) is 6.07 Å². The van der Waals surface area contributed by atoms with Gasteiger partial charge in [0, 0.05) is 6.92 Å². The van der Waals surface area contributed by atoms with E-state index in [1.807, 2.05) is 0 Å². The standard InChI is InChI=1S/C12H13NO5/c1-3-18-12(17)8-5-4-6-9(13-7(2)14)10(8)11(15)16/h4-6H,3H2,1-2H3,(H,13,14)(H,15,16). The first-order valence-corrected chi connectivity index (χ1v) is 5.28. The second-order valence-corrected chi connectivity index (χ2v) is 3.43. The van der Waals surface area contributed by atoms with E-state index in [9.17, 15) is 14.4 Å². The highest BCUT2D eigenvalue weighted by Crippen LogP contribution is 2.21. The molecular formula is C12H13NO5. The van der Waals surface area contributed by atoms with Crippen molar-refractivity contribution in [3.05, 3.63) is 29.3 Å². The lowest BCUT2D eigenvalue weighted by atomic mass is 10.1. The van der Waals surface area contributed by atoms with Gasteiger partial charge in [-0.25, -0.2) is 9.59 Å². The molecule has 0 heterocycles. The van der Waals surface area contributed by atoms with Crippen molar-refractivity contribution in [2.75, 3.05) is 11.9 Å². The van der Waals surface area contributed by atoms with Crippen LogP contribution in [-0.2, 0) is 9.53 Å². The smallest absolute Gasteiger partial charge is 0.339 e. The van der Waals surface area contributed by atoms with E-state index in [0.29, 0.717) is 0 Å². The van der Waals surface area contributed by atoms with Crippen LogP contribution in [0.2, 0.25) is 0 Å². The molecule has 1 rings (SSSR count). The fraction of sp³-hybridized carbons (Fsp3) is 0.250. The quantitative estimate of drug-likeness (QED) is 0.791. The Morgan fingerprint density at radius 1 is 1.33 bits per heavy atom. The second-order valence-electron chi connectivity index (χ2n) is 3.43. The molecule has 1 aromatic rings. The maximum atomic E-state index is 11.6. The number of esters is 1. The Bertz CT molecular complexity index is 495. The number of carboxylic acids is 1. The molecule has 0 atom stereocenters. The molecule has 0 aliphatic rings. The monoisotopic (exact) mass is 251 g/mol. The third-order valence-electron chi connectivity index (χ3n) is 2.08. The number of carboxylic acid groups (broad SMARTS) is 1. The van der Waals surface area contributed by atoms with E-state index in [4.69, 9.17) is 9.84 Å². The minimum Gasteiger partial charge on any atom is -0.478 e. The molecule has 0 unspecified atom stereocenters. The van der Waals surface area contributed by atoms with Gasteiger partial charge in [0.1, 0.15) is 0 Å². The van der Waals surface area contributed by atoms with Crippen molar-refractivity contribution in [2.24, 2.45) is 0 Å². The number of aromatic carboxylic acids is 1. The van der Waals surface area contributed by atoms with Crippen LogP contribution in [0.25, 0.3) is 0 Å². The Morgan fingerprint density at radius 2 is 2.00 bits per heavy atom. The van der Waals surface area contributed by atoms with E-state index in [-0.39, 0.29) is 23.4 Å². The minimum atomic E-state index is -1.30. The molecule has 0 radical (unpaired) electrons. The Morgan fingerprint density at radius 3 is 2.50 bits per heavy atom. The van der Waals surface area contributed by atoms with Crippen molar-refractivity contribution >= 4 is 23.5 Å². The third kappa shape index (κ3) is 3.07. The largest absolute Gasteiger partial charge is 0.478 e. The van der Waals surface area contributed by atoms with Crippen LogP contribution in [0.4, 0.5) is 5.69 Å². The molecule has 0 aliphatic carbocycles. The summed E-state index contributed by atoms with van der Waals surface area (Å²) >= 11 is 0. The van der Waals surface area contributed by atoms with Gasteiger partial charge in [0.25, 0.3) is 0 Å². The number of benzene rings is 1. The lowest BCUT2D eigenvalue weighted by molar-refractivity contribution is -0.114. The van der Waals surface area contributed by atoms with Gasteiger partial charge in [-0.05, 0) is 19.1 Å². The number of anilines is 1. The molecule has 0 saturated carbocycles. The summed E-state index contributed by atoms with van der Waals surface area (Å²) in [5.74, 6) is -2.46. The molecule has 0 saturated heterocycles. The summed E-state index contributed by atoms with van der Waals surface area (Å²) in [6.45, 7) is 3.01. The van der Waals surface area contributed by atoms with E-state index in [1.54, 1.807) is 6.92 Å². The fourth-order valence-corrected chi connectivity index (χ4v) is 1.46. The van der Waals surface area contributed by atoms with Crippen molar-refractivity contribution in [3.63, 3.8) is 0 Å². The molecule has 6 heteroatoms. The maximum Gasteiger partial charge on any atom is 0.339 e. The van der Waals surface area contributed by atoms with Crippen molar-refractivity contribution in [1.29, 1.82) is 0 Å². The topological polar surface area (TPSA) is 92.7 Å². The first-order chi connectivity index (χ1) is 8.47. The van der Waals surface area contributed by atoms with Gasteiger partial charge in [0.2, 0.25) is 5.91 Å². The van der Waals surface area contributed by atoms with Crippen molar-refractivity contribution < 1.29 is 24.2 Å². The molecule has 0 aromatic heterocycles. The van der Waals surface area contributed by atoms with Crippen LogP contribution in [0.1, 0.15) is 34.6 Å². The van der Waals surface area contributed by atoms with Gasteiger partial charge in [0.15, 0.2) is 0 Å². The molecule has 2 N–H and O–H groups in total. The van der Waals surface area contributed by atoms with Crippen LogP contribution in [-0.4, -0.2) is 29.6 Å². The maximum absolute atomic E-state index is 11.6. The molecule has 0 bridgehead atoms. The molecule has 0 spiro atoms. The average molecular weight is 251 g/mol. The predicted molar refractivity (Wildman–Crippen MR) is 63.7 cm³/mol. The summed E-state index contributed by atoms with van der Waals surface area (Å²) in [4.78, 5) is 33.8. The molecule has 1 aromatic carbocycles. The summed E-state index contributed by atoms with van der Waals surface area (Å²) in [5.41, 5.74) is -0.290.